The fraction of sp³-hybridized carbons (Fsp3) is 0.222. The van der Waals surface area contributed by atoms with Gasteiger partial charge in [0.1, 0.15) is 11.5 Å². The van der Waals surface area contributed by atoms with Crippen LogP contribution in [0.2, 0.25) is 5.02 Å². The van der Waals surface area contributed by atoms with Crippen LogP contribution >= 0.6 is 11.6 Å². The molecule has 0 aromatic heterocycles. The van der Waals surface area contributed by atoms with E-state index in [1.54, 1.807) is 36.4 Å². The number of ether oxygens (including phenoxy) is 2. The number of hydrogen-bond acceptors (Lipinski definition) is 4. The SMILES string of the molecule is Cc1ccc(OC(=O)CCC(=O)Oc2ccccc2Cl)cc1C. The Balaban J connectivity index is 1.83. The summed E-state index contributed by atoms with van der Waals surface area (Å²) in [7, 11) is 0. The Hall–Kier alpha value is -2.33. The summed E-state index contributed by atoms with van der Waals surface area (Å²) in [6.07, 6.45) is -0.134. The highest BCUT2D eigenvalue weighted by atomic mass is 35.5. The monoisotopic (exact) mass is 332 g/mol. The molecule has 5 heteroatoms. The number of carbonyl (C=O) groups excluding carboxylic acids is 2. The minimum Gasteiger partial charge on any atom is -0.427 e. The van der Waals surface area contributed by atoms with Crippen LogP contribution in [0, 0.1) is 13.8 Å². The van der Waals surface area contributed by atoms with E-state index in [1.807, 2.05) is 19.9 Å². The molecule has 0 N–H and O–H groups in total. The molecule has 4 nitrogen and oxygen atoms in total. The molecule has 0 heterocycles. The molecule has 120 valence electrons. The van der Waals surface area contributed by atoms with E-state index in [4.69, 9.17) is 21.1 Å². The summed E-state index contributed by atoms with van der Waals surface area (Å²) >= 11 is 5.90. The lowest BCUT2D eigenvalue weighted by Crippen LogP contribution is -2.14. The van der Waals surface area contributed by atoms with Crippen molar-refractivity contribution < 1.29 is 19.1 Å². The van der Waals surface area contributed by atoms with E-state index >= 15 is 0 Å². The van der Waals surface area contributed by atoms with Gasteiger partial charge in [0.25, 0.3) is 0 Å². The van der Waals surface area contributed by atoms with Crippen LogP contribution < -0.4 is 9.47 Å². The van der Waals surface area contributed by atoms with Crippen molar-refractivity contribution in [2.45, 2.75) is 26.7 Å². The average molecular weight is 333 g/mol. The molecule has 0 bridgehead atoms. The molecular weight excluding hydrogens is 316 g/mol. The van der Waals surface area contributed by atoms with E-state index in [9.17, 15) is 9.59 Å². The molecule has 23 heavy (non-hydrogen) atoms. The number of para-hydroxylation sites is 1. The van der Waals surface area contributed by atoms with Crippen molar-refractivity contribution in [3.05, 3.63) is 58.6 Å². The number of aryl methyl sites for hydroxylation is 2. The average Bonchev–Trinajstić information content (AvgIpc) is 2.51. The Morgan fingerprint density at radius 1 is 0.913 bits per heavy atom. The van der Waals surface area contributed by atoms with Gasteiger partial charge in [-0.05, 0) is 49.2 Å². The van der Waals surface area contributed by atoms with Crippen LogP contribution in [-0.4, -0.2) is 11.9 Å². The van der Waals surface area contributed by atoms with Crippen molar-refractivity contribution in [2.24, 2.45) is 0 Å². The summed E-state index contributed by atoms with van der Waals surface area (Å²) in [4.78, 5) is 23.5. The Kier molecular flexibility index (Phi) is 5.77. The van der Waals surface area contributed by atoms with Gasteiger partial charge in [-0.1, -0.05) is 29.8 Å². The second kappa shape index (κ2) is 7.79. The number of rotatable bonds is 5. The molecule has 0 atom stereocenters. The first-order valence-corrected chi connectivity index (χ1v) is 7.56. The molecule has 0 aliphatic heterocycles. The third-order valence-corrected chi connectivity index (χ3v) is 3.62. The number of carbonyl (C=O) groups is 2. The molecule has 2 aromatic carbocycles. The molecule has 0 aliphatic carbocycles. The maximum atomic E-state index is 11.8. The van der Waals surface area contributed by atoms with Crippen LogP contribution in [0.15, 0.2) is 42.5 Å². The van der Waals surface area contributed by atoms with Crippen LogP contribution in [0.1, 0.15) is 24.0 Å². The molecule has 2 aromatic rings. The van der Waals surface area contributed by atoms with Gasteiger partial charge < -0.3 is 9.47 Å². The lowest BCUT2D eigenvalue weighted by molar-refractivity contribution is -0.140. The largest absolute Gasteiger partial charge is 0.427 e. The van der Waals surface area contributed by atoms with Gasteiger partial charge in [0.15, 0.2) is 0 Å². The molecule has 2 rings (SSSR count). The van der Waals surface area contributed by atoms with Gasteiger partial charge in [-0.3, -0.25) is 9.59 Å². The van der Waals surface area contributed by atoms with Crippen molar-refractivity contribution in [3.63, 3.8) is 0 Å². The van der Waals surface area contributed by atoms with E-state index in [1.165, 1.54) is 0 Å². The predicted molar refractivity (Wildman–Crippen MR) is 87.9 cm³/mol. The lowest BCUT2D eigenvalue weighted by Gasteiger charge is -2.07. The van der Waals surface area contributed by atoms with Gasteiger partial charge in [0, 0.05) is 0 Å². The molecule has 0 aliphatic rings. The van der Waals surface area contributed by atoms with Crippen molar-refractivity contribution in [1.82, 2.24) is 0 Å². The van der Waals surface area contributed by atoms with Crippen molar-refractivity contribution in [3.8, 4) is 11.5 Å². The number of benzene rings is 2. The standard InChI is InChI=1S/C18H17ClO4/c1-12-7-8-14(11-13(12)2)22-17(20)9-10-18(21)23-16-6-4-3-5-15(16)19/h3-8,11H,9-10H2,1-2H3. The number of halogens is 1. The Bertz CT molecular complexity index is 725. The maximum Gasteiger partial charge on any atom is 0.311 e. The smallest absolute Gasteiger partial charge is 0.311 e. The normalized spacial score (nSPS) is 10.2. The number of esters is 2. The molecule has 0 amide bonds. The first-order valence-electron chi connectivity index (χ1n) is 7.19. The first kappa shape index (κ1) is 17.0. The topological polar surface area (TPSA) is 52.6 Å². The molecule has 0 radical (unpaired) electrons. The zero-order chi connectivity index (χ0) is 16.8. The number of hydrogen-bond donors (Lipinski definition) is 0. The Morgan fingerprint density at radius 2 is 1.57 bits per heavy atom. The van der Waals surface area contributed by atoms with Crippen molar-refractivity contribution in [1.29, 1.82) is 0 Å². The molecule has 0 fully saturated rings. The highest BCUT2D eigenvalue weighted by Crippen LogP contribution is 2.23. The van der Waals surface area contributed by atoms with E-state index in [2.05, 4.69) is 0 Å². The van der Waals surface area contributed by atoms with Crippen LogP contribution in [-0.2, 0) is 9.59 Å². The summed E-state index contributed by atoms with van der Waals surface area (Å²) in [6, 6.07) is 12.1. The van der Waals surface area contributed by atoms with Gasteiger partial charge in [-0.25, -0.2) is 0 Å². The van der Waals surface area contributed by atoms with Crippen LogP contribution in [0.3, 0.4) is 0 Å². The zero-order valence-corrected chi connectivity index (χ0v) is 13.7. The van der Waals surface area contributed by atoms with Crippen molar-refractivity contribution >= 4 is 23.5 Å². The first-order chi connectivity index (χ1) is 11.0. The third-order valence-electron chi connectivity index (χ3n) is 3.30. The van der Waals surface area contributed by atoms with Gasteiger partial charge >= 0.3 is 11.9 Å². The van der Waals surface area contributed by atoms with Crippen LogP contribution in [0.4, 0.5) is 0 Å². The van der Waals surface area contributed by atoms with Gasteiger partial charge in [-0.15, -0.1) is 0 Å². The van der Waals surface area contributed by atoms with Crippen LogP contribution in [0.25, 0.3) is 0 Å². The maximum absolute atomic E-state index is 11.8. The zero-order valence-electron chi connectivity index (χ0n) is 13.0. The molecule has 0 unspecified atom stereocenters. The summed E-state index contributed by atoms with van der Waals surface area (Å²) in [6.45, 7) is 3.92. The highest BCUT2D eigenvalue weighted by molar-refractivity contribution is 6.32. The van der Waals surface area contributed by atoms with Crippen LogP contribution in [0.5, 0.6) is 11.5 Å². The van der Waals surface area contributed by atoms with Gasteiger partial charge in [-0.2, -0.15) is 0 Å². The molecule has 0 saturated carbocycles. The second-order valence-electron chi connectivity index (χ2n) is 5.12. The van der Waals surface area contributed by atoms with Gasteiger partial charge in [0.05, 0.1) is 17.9 Å². The predicted octanol–water partition coefficient (Wildman–Crippen LogP) is 4.25. The highest BCUT2D eigenvalue weighted by Gasteiger charge is 2.12. The Labute approximate surface area is 140 Å². The molecule has 0 spiro atoms. The van der Waals surface area contributed by atoms with E-state index < -0.39 is 11.9 Å². The Morgan fingerprint density at radius 3 is 2.22 bits per heavy atom. The fourth-order valence-corrected chi connectivity index (χ4v) is 2.04. The fourth-order valence-electron chi connectivity index (χ4n) is 1.87. The minimum atomic E-state index is -0.532. The van der Waals surface area contributed by atoms with E-state index in [0.717, 1.165) is 11.1 Å². The lowest BCUT2D eigenvalue weighted by atomic mass is 10.1. The summed E-state index contributed by atoms with van der Waals surface area (Å²) < 4.78 is 10.3. The molecule has 0 saturated heterocycles. The van der Waals surface area contributed by atoms with E-state index in [-0.39, 0.29) is 18.6 Å². The second-order valence-corrected chi connectivity index (χ2v) is 5.53. The summed E-state index contributed by atoms with van der Waals surface area (Å²) in [5.41, 5.74) is 2.15. The summed E-state index contributed by atoms with van der Waals surface area (Å²) in [5, 5.41) is 0.346. The quantitative estimate of drug-likeness (QED) is 0.606. The van der Waals surface area contributed by atoms with Crippen molar-refractivity contribution in [2.75, 3.05) is 0 Å². The minimum absolute atomic E-state index is 0.0593. The van der Waals surface area contributed by atoms with E-state index in [0.29, 0.717) is 10.8 Å². The van der Waals surface area contributed by atoms with Gasteiger partial charge in [0.2, 0.25) is 0 Å². The third kappa shape index (κ3) is 5.11. The molecular formula is C18H17ClO4. The summed E-state index contributed by atoms with van der Waals surface area (Å²) in [5.74, 6) is -0.265.